The molecule has 34 heavy (non-hydrogen) atoms. The van der Waals surface area contributed by atoms with Crippen molar-refractivity contribution in [3.63, 3.8) is 0 Å². The maximum atomic E-state index is 13.4. The average molecular weight is 503 g/mol. The van der Waals surface area contributed by atoms with Crippen LogP contribution >= 0.6 is 23.4 Å². The predicted molar refractivity (Wildman–Crippen MR) is 140 cm³/mol. The van der Waals surface area contributed by atoms with Gasteiger partial charge in [-0.3, -0.25) is 9.59 Å². The molecule has 1 aliphatic carbocycles. The Hall–Kier alpha value is -2.18. The molecule has 0 heterocycles. The van der Waals surface area contributed by atoms with Crippen LogP contribution < -0.4 is 10.1 Å². The minimum absolute atomic E-state index is 0.0274. The van der Waals surface area contributed by atoms with Crippen molar-refractivity contribution in [2.45, 2.75) is 69.8 Å². The van der Waals surface area contributed by atoms with Gasteiger partial charge in [0, 0.05) is 23.4 Å². The highest BCUT2D eigenvalue weighted by Crippen LogP contribution is 2.21. The van der Waals surface area contributed by atoms with Gasteiger partial charge in [0.05, 0.1) is 12.9 Å². The summed E-state index contributed by atoms with van der Waals surface area (Å²) in [6.07, 6.45) is 6.14. The molecule has 1 fully saturated rings. The molecular weight excluding hydrogens is 468 g/mol. The van der Waals surface area contributed by atoms with E-state index in [9.17, 15) is 9.59 Å². The molecular formula is C27H35ClN2O3S. The van der Waals surface area contributed by atoms with Crippen LogP contribution in [0.4, 0.5) is 0 Å². The number of hydrogen-bond acceptors (Lipinski definition) is 4. The molecule has 0 aliphatic heterocycles. The average Bonchev–Trinajstić information content (AvgIpc) is 2.86. The van der Waals surface area contributed by atoms with E-state index in [4.69, 9.17) is 16.3 Å². The molecule has 1 aliphatic rings. The van der Waals surface area contributed by atoms with Crippen LogP contribution in [-0.2, 0) is 21.9 Å². The normalized spacial score (nSPS) is 14.9. The highest BCUT2D eigenvalue weighted by Gasteiger charge is 2.30. The van der Waals surface area contributed by atoms with Gasteiger partial charge in [-0.25, -0.2) is 0 Å². The van der Waals surface area contributed by atoms with Gasteiger partial charge < -0.3 is 15.0 Å². The van der Waals surface area contributed by atoms with Crippen molar-refractivity contribution in [3.8, 4) is 5.75 Å². The second-order valence-corrected chi connectivity index (χ2v) is 10.2. The monoisotopic (exact) mass is 502 g/mol. The third-order valence-electron chi connectivity index (χ3n) is 6.26. The zero-order valence-corrected chi connectivity index (χ0v) is 21.7. The zero-order chi connectivity index (χ0) is 24.3. The first-order chi connectivity index (χ1) is 16.5. The summed E-state index contributed by atoms with van der Waals surface area (Å²) in [7, 11) is 1.63. The van der Waals surface area contributed by atoms with Crippen molar-refractivity contribution in [1.82, 2.24) is 10.2 Å². The Morgan fingerprint density at radius 3 is 2.32 bits per heavy atom. The molecule has 184 valence electrons. The Balaban J connectivity index is 1.69. The Kier molecular flexibility index (Phi) is 10.6. The lowest BCUT2D eigenvalue weighted by atomic mass is 9.95. The number of carbonyl (C=O) groups excluding carboxylic acids is 2. The lowest BCUT2D eigenvalue weighted by molar-refractivity contribution is -0.139. The fourth-order valence-electron chi connectivity index (χ4n) is 4.31. The summed E-state index contributed by atoms with van der Waals surface area (Å²) in [5.41, 5.74) is 2.09. The van der Waals surface area contributed by atoms with E-state index >= 15 is 0 Å². The lowest BCUT2D eigenvalue weighted by Gasteiger charge is -2.32. The number of nitrogens with zero attached hydrogens (tertiary/aromatic N) is 1. The zero-order valence-electron chi connectivity index (χ0n) is 20.1. The van der Waals surface area contributed by atoms with E-state index in [1.54, 1.807) is 23.8 Å². The highest BCUT2D eigenvalue weighted by molar-refractivity contribution is 7.99. The number of amides is 2. The molecule has 0 radical (unpaired) electrons. The summed E-state index contributed by atoms with van der Waals surface area (Å²) in [4.78, 5) is 28.4. The van der Waals surface area contributed by atoms with E-state index in [2.05, 4.69) is 5.32 Å². The van der Waals surface area contributed by atoms with Gasteiger partial charge in [-0.05, 0) is 54.7 Å². The van der Waals surface area contributed by atoms with Crippen molar-refractivity contribution in [2.75, 3.05) is 12.9 Å². The van der Waals surface area contributed by atoms with E-state index in [0.29, 0.717) is 29.5 Å². The highest BCUT2D eigenvalue weighted by atomic mass is 35.5. The summed E-state index contributed by atoms with van der Waals surface area (Å²) in [6.45, 7) is 2.36. The topological polar surface area (TPSA) is 58.6 Å². The van der Waals surface area contributed by atoms with Gasteiger partial charge in [0.2, 0.25) is 11.8 Å². The summed E-state index contributed by atoms with van der Waals surface area (Å²) >= 11 is 7.53. The Morgan fingerprint density at radius 2 is 1.71 bits per heavy atom. The van der Waals surface area contributed by atoms with Crippen molar-refractivity contribution in [2.24, 2.45) is 0 Å². The molecule has 2 amide bonds. The van der Waals surface area contributed by atoms with Gasteiger partial charge in [0.1, 0.15) is 11.8 Å². The van der Waals surface area contributed by atoms with Gasteiger partial charge in [-0.1, -0.05) is 62.1 Å². The van der Waals surface area contributed by atoms with Gasteiger partial charge >= 0.3 is 0 Å². The van der Waals surface area contributed by atoms with Crippen molar-refractivity contribution in [3.05, 3.63) is 64.7 Å². The number of benzene rings is 2. The van der Waals surface area contributed by atoms with Crippen LogP contribution in [0.3, 0.4) is 0 Å². The standard InChI is InChI=1S/C27H35ClN2O3S/c1-3-25(27(32)29-23-7-5-4-6-8-23)30(17-20-11-15-24(33-2)16-12-20)26(31)19-34-18-21-9-13-22(28)14-10-21/h9-16,23,25H,3-8,17-19H2,1-2H3,(H,29,32)/t25-/m0/s1. The molecule has 0 bridgehead atoms. The number of rotatable bonds is 11. The number of nitrogens with one attached hydrogen (secondary N) is 1. The molecule has 2 aromatic carbocycles. The summed E-state index contributed by atoms with van der Waals surface area (Å²) in [5.74, 6) is 1.72. The Morgan fingerprint density at radius 1 is 1.06 bits per heavy atom. The number of hydrogen-bond donors (Lipinski definition) is 1. The number of carbonyl (C=O) groups is 2. The van der Waals surface area contributed by atoms with E-state index < -0.39 is 6.04 Å². The van der Waals surface area contributed by atoms with Crippen LogP contribution in [0.15, 0.2) is 48.5 Å². The molecule has 5 nitrogen and oxygen atoms in total. The molecule has 1 atom stereocenters. The second kappa shape index (κ2) is 13.6. The van der Waals surface area contributed by atoms with Crippen LogP contribution in [0.5, 0.6) is 5.75 Å². The van der Waals surface area contributed by atoms with Gasteiger partial charge in [0.15, 0.2) is 0 Å². The van der Waals surface area contributed by atoms with Gasteiger partial charge in [-0.2, -0.15) is 0 Å². The maximum Gasteiger partial charge on any atom is 0.243 e. The SMILES string of the molecule is CC[C@@H](C(=O)NC1CCCCC1)N(Cc1ccc(OC)cc1)C(=O)CSCc1ccc(Cl)cc1. The largest absolute Gasteiger partial charge is 0.497 e. The minimum atomic E-state index is -0.493. The van der Waals surface area contributed by atoms with Crippen molar-refractivity contribution in [1.29, 1.82) is 0 Å². The van der Waals surface area contributed by atoms with Crippen molar-refractivity contribution >= 4 is 35.2 Å². The van der Waals surface area contributed by atoms with Crippen LogP contribution in [0.2, 0.25) is 5.02 Å². The molecule has 2 aromatic rings. The van der Waals surface area contributed by atoms with E-state index in [1.165, 1.54) is 6.42 Å². The number of thioether (sulfide) groups is 1. The fourth-order valence-corrected chi connectivity index (χ4v) is 5.31. The molecule has 7 heteroatoms. The third-order valence-corrected chi connectivity index (χ3v) is 7.50. The first kappa shape index (κ1) is 26.4. The maximum absolute atomic E-state index is 13.4. The third kappa shape index (κ3) is 7.95. The van der Waals surface area contributed by atoms with Crippen LogP contribution in [0.25, 0.3) is 0 Å². The second-order valence-electron chi connectivity index (χ2n) is 8.76. The predicted octanol–water partition coefficient (Wildman–Crippen LogP) is 5.84. The minimum Gasteiger partial charge on any atom is -0.497 e. The molecule has 0 aromatic heterocycles. The first-order valence-electron chi connectivity index (χ1n) is 12.0. The summed E-state index contributed by atoms with van der Waals surface area (Å²) in [6, 6.07) is 15.1. The van der Waals surface area contributed by atoms with E-state index in [-0.39, 0.29) is 17.9 Å². The summed E-state index contributed by atoms with van der Waals surface area (Å²) < 4.78 is 5.26. The van der Waals surface area contributed by atoms with Gasteiger partial charge in [-0.15, -0.1) is 11.8 Å². The Bertz CT molecular complexity index is 914. The number of methoxy groups -OCH3 is 1. The van der Waals surface area contributed by atoms with Crippen LogP contribution in [0.1, 0.15) is 56.6 Å². The van der Waals surface area contributed by atoms with Crippen LogP contribution in [-0.4, -0.2) is 41.7 Å². The molecule has 1 N–H and O–H groups in total. The molecule has 0 saturated heterocycles. The smallest absolute Gasteiger partial charge is 0.243 e. The molecule has 3 rings (SSSR count). The summed E-state index contributed by atoms with van der Waals surface area (Å²) in [5, 5.41) is 3.92. The molecule has 0 unspecified atom stereocenters. The number of ether oxygens (including phenoxy) is 1. The molecule has 0 spiro atoms. The van der Waals surface area contributed by atoms with Crippen molar-refractivity contribution < 1.29 is 14.3 Å². The quantitative estimate of drug-likeness (QED) is 0.419. The van der Waals surface area contributed by atoms with E-state index in [1.807, 2.05) is 55.5 Å². The number of halogens is 1. The fraction of sp³-hybridized carbons (Fsp3) is 0.481. The Labute approximate surface area is 212 Å². The first-order valence-corrected chi connectivity index (χ1v) is 13.6. The lowest BCUT2D eigenvalue weighted by Crippen LogP contribution is -2.52. The van der Waals surface area contributed by atoms with E-state index in [0.717, 1.165) is 42.6 Å². The molecule has 1 saturated carbocycles. The van der Waals surface area contributed by atoms with Gasteiger partial charge in [0.25, 0.3) is 0 Å². The van der Waals surface area contributed by atoms with Crippen LogP contribution in [0, 0.1) is 0 Å².